The van der Waals surface area contributed by atoms with Crippen molar-refractivity contribution >= 4 is 0 Å². The molecule has 0 amide bonds. The summed E-state index contributed by atoms with van der Waals surface area (Å²) in [7, 11) is 0. The fourth-order valence-electron chi connectivity index (χ4n) is 5.47. The van der Waals surface area contributed by atoms with Crippen LogP contribution in [0.25, 0.3) is 22.8 Å². The Morgan fingerprint density at radius 3 is 1.64 bits per heavy atom. The summed E-state index contributed by atoms with van der Waals surface area (Å²) in [6.45, 7) is 0. The number of hydrogen-bond acceptors (Lipinski definition) is 7. The summed E-state index contributed by atoms with van der Waals surface area (Å²) < 4.78 is 25.1. The number of rotatable bonds is 10. The second-order valence-corrected chi connectivity index (χ2v) is 11.3. The summed E-state index contributed by atoms with van der Waals surface area (Å²) in [6.07, 6.45) is 10.3. The van der Waals surface area contributed by atoms with Crippen molar-refractivity contribution in [3.63, 3.8) is 0 Å². The largest absolute Gasteiger partial charge is 0.462 e. The Morgan fingerprint density at radius 2 is 1.11 bits per heavy atom. The standard InChI is InChI=1S/C40H29N3O4/c1-4-10-31(11-5-1)44-34-20-29(21-35(24-34)45-32-12-6-2-7-13-32)39-41-26-42-40(43-39)30-22-36(46-33-14-8-3-9-15-33)25-37(23-30)47-38-17-16-27-18-28(38)19-27/h1-6,8-12,14-18,20-26H,7,13,19H2. The van der Waals surface area contributed by atoms with E-state index in [9.17, 15) is 0 Å². The maximum Gasteiger partial charge on any atom is 0.163 e. The van der Waals surface area contributed by atoms with Gasteiger partial charge in [0, 0.05) is 36.1 Å². The summed E-state index contributed by atoms with van der Waals surface area (Å²) in [5.41, 5.74) is 3.94. The summed E-state index contributed by atoms with van der Waals surface area (Å²) in [6, 6.07) is 36.9. The minimum absolute atomic E-state index is 0.470. The van der Waals surface area contributed by atoms with Gasteiger partial charge in [-0.15, -0.1) is 0 Å². The van der Waals surface area contributed by atoms with Gasteiger partial charge in [-0.2, -0.15) is 0 Å². The minimum Gasteiger partial charge on any atom is -0.462 e. The molecule has 3 aliphatic rings. The van der Waals surface area contributed by atoms with Gasteiger partial charge in [0.15, 0.2) is 11.6 Å². The van der Waals surface area contributed by atoms with Crippen LogP contribution in [-0.2, 0) is 6.42 Å². The number of aromatic nitrogens is 3. The van der Waals surface area contributed by atoms with E-state index in [-0.39, 0.29) is 0 Å². The monoisotopic (exact) mass is 615 g/mol. The highest BCUT2D eigenvalue weighted by atomic mass is 16.5. The summed E-state index contributed by atoms with van der Waals surface area (Å²) in [4.78, 5) is 14.0. The van der Waals surface area contributed by atoms with Crippen LogP contribution in [0, 0.1) is 0 Å². The first-order valence-electron chi connectivity index (χ1n) is 15.5. The number of benzene rings is 5. The molecule has 0 saturated heterocycles. The Balaban J connectivity index is 1.16. The number of allylic oxidation sites excluding steroid dienone is 4. The molecule has 3 aliphatic carbocycles. The van der Waals surface area contributed by atoms with E-state index in [1.807, 2.05) is 115 Å². The van der Waals surface area contributed by atoms with Crippen LogP contribution in [0.15, 0.2) is 146 Å². The van der Waals surface area contributed by atoms with Crippen molar-refractivity contribution in [1.29, 1.82) is 0 Å². The first-order chi connectivity index (χ1) is 23.2. The topological polar surface area (TPSA) is 75.6 Å². The Hall–Kier alpha value is -6.21. The first kappa shape index (κ1) is 28.3. The molecule has 0 spiro atoms. The van der Waals surface area contributed by atoms with E-state index in [1.165, 1.54) is 17.5 Å². The van der Waals surface area contributed by atoms with E-state index in [1.54, 1.807) is 0 Å². The van der Waals surface area contributed by atoms with Crippen LogP contribution < -0.4 is 18.9 Å². The van der Waals surface area contributed by atoms with E-state index in [0.717, 1.165) is 41.9 Å². The molecule has 0 aliphatic heterocycles. The maximum atomic E-state index is 6.38. The zero-order valence-electron chi connectivity index (χ0n) is 25.4. The second kappa shape index (κ2) is 12.7. The molecule has 0 fully saturated rings. The van der Waals surface area contributed by atoms with Gasteiger partial charge in [0.1, 0.15) is 52.3 Å². The van der Waals surface area contributed by atoms with Gasteiger partial charge in [-0.25, -0.2) is 15.0 Å². The average Bonchev–Trinajstić information content (AvgIpc) is 3.09. The molecule has 0 radical (unpaired) electrons. The van der Waals surface area contributed by atoms with Gasteiger partial charge in [-0.3, -0.25) is 0 Å². The molecule has 0 unspecified atom stereocenters. The maximum absolute atomic E-state index is 6.38. The molecule has 6 aromatic rings. The van der Waals surface area contributed by atoms with E-state index in [2.05, 4.69) is 28.2 Å². The smallest absolute Gasteiger partial charge is 0.163 e. The lowest BCUT2D eigenvalue weighted by Crippen LogP contribution is -2.03. The fraction of sp³-hybridized carbons (Fsp3) is 0.0750. The molecular weight excluding hydrogens is 586 g/mol. The van der Waals surface area contributed by atoms with E-state index < -0.39 is 0 Å². The minimum atomic E-state index is 0.470. The Bertz CT molecular complexity index is 2120. The number of fused-ring (bicyclic) bond motifs is 2. The molecular formula is C40H29N3O4. The third-order valence-corrected chi connectivity index (χ3v) is 7.78. The summed E-state index contributed by atoms with van der Waals surface area (Å²) in [5, 5.41) is 0. The van der Waals surface area contributed by atoms with Crippen molar-refractivity contribution in [3.05, 3.63) is 157 Å². The molecule has 0 N–H and O–H groups in total. The predicted molar refractivity (Wildman–Crippen MR) is 180 cm³/mol. The lowest BCUT2D eigenvalue weighted by molar-refractivity contribution is 0.398. The SMILES string of the molecule is C1=CCCC(Oc2cc(Oc3ccccc3)cc(-c3ncnc(-c4cc(Oc5ccccc5)cc(Oc5ccc6cc5C6)c4)n3)c2)=C1. The highest BCUT2D eigenvalue weighted by Crippen LogP contribution is 2.38. The molecule has 0 atom stereocenters. The highest BCUT2D eigenvalue weighted by molar-refractivity contribution is 5.66. The van der Waals surface area contributed by atoms with E-state index in [0.29, 0.717) is 46.1 Å². The predicted octanol–water partition coefficient (Wildman–Crippen LogP) is 10.1. The molecule has 2 bridgehead atoms. The summed E-state index contributed by atoms with van der Waals surface area (Å²) >= 11 is 0. The molecule has 1 heterocycles. The van der Waals surface area contributed by atoms with Crippen molar-refractivity contribution in [3.8, 4) is 63.0 Å². The third kappa shape index (κ3) is 6.60. The molecule has 0 saturated carbocycles. The van der Waals surface area contributed by atoms with Crippen LogP contribution in [0.1, 0.15) is 24.0 Å². The van der Waals surface area contributed by atoms with Crippen LogP contribution in [0.4, 0.5) is 0 Å². The van der Waals surface area contributed by atoms with Gasteiger partial charge in [0.25, 0.3) is 0 Å². The molecule has 7 nitrogen and oxygen atoms in total. The number of nitrogens with zero attached hydrogens (tertiary/aromatic N) is 3. The van der Waals surface area contributed by atoms with Gasteiger partial charge < -0.3 is 18.9 Å². The number of ether oxygens (including phenoxy) is 4. The van der Waals surface area contributed by atoms with Crippen LogP contribution in [0.2, 0.25) is 0 Å². The normalized spacial score (nSPS) is 12.9. The summed E-state index contributed by atoms with van der Waals surface area (Å²) in [5.74, 6) is 6.54. The van der Waals surface area contributed by atoms with Crippen LogP contribution >= 0.6 is 0 Å². The lowest BCUT2D eigenvalue weighted by atomic mass is 9.92. The second-order valence-electron chi connectivity index (χ2n) is 11.3. The Morgan fingerprint density at radius 1 is 0.532 bits per heavy atom. The van der Waals surface area contributed by atoms with Crippen molar-refractivity contribution < 1.29 is 18.9 Å². The number of para-hydroxylation sites is 2. The van der Waals surface area contributed by atoms with Gasteiger partial charge in [-0.1, -0.05) is 60.7 Å². The molecule has 228 valence electrons. The number of hydrogen-bond donors (Lipinski definition) is 0. The Labute approximate surface area is 272 Å². The van der Waals surface area contributed by atoms with Gasteiger partial charge in [0.05, 0.1) is 0 Å². The zero-order valence-corrected chi connectivity index (χ0v) is 25.4. The quantitative estimate of drug-likeness (QED) is 0.152. The van der Waals surface area contributed by atoms with Crippen LogP contribution in [-0.4, -0.2) is 15.0 Å². The lowest BCUT2D eigenvalue weighted by Gasteiger charge is -2.20. The third-order valence-electron chi connectivity index (χ3n) is 7.78. The average molecular weight is 616 g/mol. The molecule has 5 aromatic carbocycles. The van der Waals surface area contributed by atoms with Crippen molar-refractivity contribution in [2.24, 2.45) is 0 Å². The van der Waals surface area contributed by atoms with Gasteiger partial charge in [-0.05, 0) is 78.2 Å². The van der Waals surface area contributed by atoms with Crippen molar-refractivity contribution in [2.75, 3.05) is 0 Å². The highest BCUT2D eigenvalue weighted by Gasteiger charge is 2.18. The van der Waals surface area contributed by atoms with Gasteiger partial charge >= 0.3 is 0 Å². The van der Waals surface area contributed by atoms with E-state index >= 15 is 0 Å². The molecule has 9 rings (SSSR count). The Kier molecular flexibility index (Phi) is 7.61. The van der Waals surface area contributed by atoms with Crippen molar-refractivity contribution in [2.45, 2.75) is 19.3 Å². The fourth-order valence-corrected chi connectivity index (χ4v) is 5.47. The van der Waals surface area contributed by atoms with Crippen LogP contribution in [0.3, 0.4) is 0 Å². The van der Waals surface area contributed by atoms with Crippen LogP contribution in [0.5, 0.6) is 40.2 Å². The molecule has 7 heteroatoms. The first-order valence-corrected chi connectivity index (χ1v) is 15.5. The van der Waals surface area contributed by atoms with E-state index in [4.69, 9.17) is 23.9 Å². The molecule has 47 heavy (non-hydrogen) atoms. The van der Waals surface area contributed by atoms with Gasteiger partial charge in [0.2, 0.25) is 0 Å². The molecule has 1 aromatic heterocycles. The van der Waals surface area contributed by atoms with Crippen molar-refractivity contribution in [1.82, 2.24) is 15.0 Å². The zero-order chi connectivity index (χ0) is 31.4.